The van der Waals surface area contributed by atoms with Gasteiger partial charge in [0.2, 0.25) is 0 Å². The van der Waals surface area contributed by atoms with Gasteiger partial charge in [0.25, 0.3) is 0 Å². The zero-order valence-corrected chi connectivity index (χ0v) is 27.6. The van der Waals surface area contributed by atoms with Gasteiger partial charge in [-0.3, -0.25) is 0 Å². The van der Waals surface area contributed by atoms with Gasteiger partial charge >= 0.3 is 0 Å². The van der Waals surface area contributed by atoms with E-state index in [-0.39, 0.29) is 0 Å². The zero-order valence-electron chi connectivity index (χ0n) is 27.6. The Morgan fingerprint density at radius 2 is 0.902 bits per heavy atom. The summed E-state index contributed by atoms with van der Waals surface area (Å²) in [6, 6.07) is 63.8. The fraction of sp³-hybridized carbons (Fsp3) is 0. The molecule has 0 bridgehead atoms. The van der Waals surface area contributed by atoms with Crippen LogP contribution in [0.3, 0.4) is 0 Å². The van der Waals surface area contributed by atoms with E-state index in [4.69, 9.17) is 14.4 Å². The summed E-state index contributed by atoms with van der Waals surface area (Å²) in [5, 5.41) is 6.81. The molecule has 0 radical (unpaired) electrons. The fourth-order valence-electron chi connectivity index (χ4n) is 7.39. The van der Waals surface area contributed by atoms with Gasteiger partial charge < -0.3 is 4.42 Å². The van der Waals surface area contributed by atoms with Crippen molar-refractivity contribution in [3.05, 3.63) is 182 Å². The Balaban J connectivity index is 1.24. The normalized spacial score (nSPS) is 11.5. The lowest BCUT2D eigenvalue weighted by Crippen LogP contribution is -1.96. The highest BCUT2D eigenvalue weighted by molar-refractivity contribution is 6.18. The van der Waals surface area contributed by atoms with Gasteiger partial charge in [-0.1, -0.05) is 146 Å². The highest BCUT2D eigenvalue weighted by atomic mass is 16.3. The predicted molar refractivity (Wildman–Crippen MR) is 212 cm³/mol. The van der Waals surface area contributed by atoms with Gasteiger partial charge in [-0.2, -0.15) is 0 Å². The van der Waals surface area contributed by atoms with Crippen LogP contribution in [0.1, 0.15) is 0 Å². The molecule has 0 saturated carbocycles. The Morgan fingerprint density at radius 1 is 0.353 bits per heavy atom. The molecule has 2 aromatic heterocycles. The van der Waals surface area contributed by atoms with Crippen LogP contribution >= 0.6 is 0 Å². The van der Waals surface area contributed by atoms with Gasteiger partial charge in [-0.25, -0.2) is 9.97 Å². The zero-order chi connectivity index (χ0) is 33.7. The third-order valence-electron chi connectivity index (χ3n) is 9.87. The van der Waals surface area contributed by atoms with Gasteiger partial charge in [-0.15, -0.1) is 0 Å². The minimum atomic E-state index is 0.659. The van der Waals surface area contributed by atoms with Gasteiger partial charge in [-0.05, 0) is 74.6 Å². The number of fused-ring (bicyclic) bond motifs is 5. The van der Waals surface area contributed by atoms with E-state index in [1.807, 2.05) is 36.4 Å². The largest absolute Gasteiger partial charge is 0.455 e. The molecule has 0 unspecified atom stereocenters. The maximum absolute atomic E-state index is 6.90. The van der Waals surface area contributed by atoms with E-state index in [0.717, 1.165) is 77.5 Å². The molecule has 8 aromatic carbocycles. The first-order valence-corrected chi connectivity index (χ1v) is 17.2. The molecule has 0 aliphatic heterocycles. The molecule has 0 N–H and O–H groups in total. The van der Waals surface area contributed by atoms with Crippen molar-refractivity contribution in [3.8, 4) is 56.2 Å². The quantitative estimate of drug-likeness (QED) is 0.186. The third-order valence-corrected chi connectivity index (χ3v) is 9.87. The predicted octanol–water partition coefficient (Wildman–Crippen LogP) is 13.0. The molecule has 0 spiro atoms. The van der Waals surface area contributed by atoms with Crippen molar-refractivity contribution >= 4 is 43.5 Å². The number of aromatic nitrogens is 2. The summed E-state index contributed by atoms with van der Waals surface area (Å²) in [7, 11) is 0. The average Bonchev–Trinajstić information content (AvgIpc) is 3.58. The average molecular weight is 651 g/mol. The van der Waals surface area contributed by atoms with E-state index < -0.39 is 0 Å². The first kappa shape index (κ1) is 29.1. The molecule has 51 heavy (non-hydrogen) atoms. The first-order chi connectivity index (χ1) is 25.3. The van der Waals surface area contributed by atoms with Crippen molar-refractivity contribution in [1.29, 1.82) is 0 Å². The van der Waals surface area contributed by atoms with Crippen LogP contribution in [0.4, 0.5) is 0 Å². The molecule has 10 aromatic rings. The second kappa shape index (κ2) is 11.9. The van der Waals surface area contributed by atoms with E-state index in [2.05, 4.69) is 146 Å². The van der Waals surface area contributed by atoms with Crippen LogP contribution in [0.25, 0.3) is 99.6 Å². The number of hydrogen-bond acceptors (Lipinski definition) is 3. The van der Waals surface area contributed by atoms with Crippen molar-refractivity contribution in [2.75, 3.05) is 0 Å². The van der Waals surface area contributed by atoms with E-state index in [0.29, 0.717) is 5.82 Å². The van der Waals surface area contributed by atoms with Crippen molar-refractivity contribution < 1.29 is 4.42 Å². The molecule has 0 aliphatic carbocycles. The van der Waals surface area contributed by atoms with Crippen molar-refractivity contribution in [1.82, 2.24) is 9.97 Å². The Hall–Kier alpha value is -6.84. The Labute approximate surface area is 295 Å². The summed E-state index contributed by atoms with van der Waals surface area (Å²) in [5.41, 5.74) is 10.9. The lowest BCUT2D eigenvalue weighted by molar-refractivity contribution is 0.670. The van der Waals surface area contributed by atoms with Gasteiger partial charge in [0, 0.05) is 33.0 Å². The second-order valence-corrected chi connectivity index (χ2v) is 13.0. The maximum Gasteiger partial charge on any atom is 0.161 e. The number of benzene rings is 8. The molecule has 0 atom stereocenters. The fourth-order valence-corrected chi connectivity index (χ4v) is 7.39. The molecule has 0 saturated heterocycles. The number of furan rings is 1. The van der Waals surface area contributed by atoms with E-state index in [1.165, 1.54) is 16.3 Å². The summed E-state index contributed by atoms with van der Waals surface area (Å²) < 4.78 is 6.90. The summed E-state index contributed by atoms with van der Waals surface area (Å²) in [6.45, 7) is 0. The lowest BCUT2D eigenvalue weighted by Gasteiger charge is -2.12. The third kappa shape index (κ3) is 5.06. The number of rotatable bonds is 5. The van der Waals surface area contributed by atoms with Gasteiger partial charge in [0.1, 0.15) is 11.2 Å². The number of nitrogens with zero attached hydrogens (tertiary/aromatic N) is 2. The molecular formula is C48H30N2O. The van der Waals surface area contributed by atoms with Gasteiger partial charge in [0.05, 0.1) is 11.4 Å². The van der Waals surface area contributed by atoms with Crippen LogP contribution in [0.2, 0.25) is 0 Å². The molecule has 2 heterocycles. The van der Waals surface area contributed by atoms with Crippen molar-refractivity contribution in [2.45, 2.75) is 0 Å². The first-order valence-electron chi connectivity index (χ1n) is 17.2. The lowest BCUT2D eigenvalue weighted by atomic mass is 9.93. The van der Waals surface area contributed by atoms with Gasteiger partial charge in [0.15, 0.2) is 5.82 Å². The van der Waals surface area contributed by atoms with Crippen LogP contribution in [-0.4, -0.2) is 9.97 Å². The highest BCUT2D eigenvalue weighted by Crippen LogP contribution is 2.43. The second-order valence-electron chi connectivity index (χ2n) is 13.0. The molecule has 0 amide bonds. The molecule has 10 rings (SSSR count). The standard InChI is InChI=1S/C48H30N2O/c1-3-14-32(15-4-1)43-30-44(33-16-5-2-6-17-33)50-48(49-43)41-26-25-40(47-46(41)42-28-34-18-7-8-19-35(34)29-45(42)51-47)37-22-11-21-36(27-37)39-24-12-20-31-13-9-10-23-38(31)39/h1-30H. The highest BCUT2D eigenvalue weighted by Gasteiger charge is 2.21. The maximum atomic E-state index is 6.90. The smallest absolute Gasteiger partial charge is 0.161 e. The van der Waals surface area contributed by atoms with Crippen LogP contribution in [-0.2, 0) is 0 Å². The minimum Gasteiger partial charge on any atom is -0.455 e. The van der Waals surface area contributed by atoms with Crippen LogP contribution in [0, 0.1) is 0 Å². The monoisotopic (exact) mass is 650 g/mol. The minimum absolute atomic E-state index is 0.659. The SMILES string of the molecule is c1ccc(-c2cc(-c3ccccc3)nc(-c3ccc(-c4cccc(-c5cccc6ccccc56)c4)c4oc5cc6ccccc6cc5c34)n2)cc1. The molecule has 3 nitrogen and oxygen atoms in total. The van der Waals surface area contributed by atoms with E-state index in [9.17, 15) is 0 Å². The van der Waals surface area contributed by atoms with Crippen LogP contribution in [0.5, 0.6) is 0 Å². The Kier molecular flexibility index (Phi) is 6.81. The molecule has 0 aliphatic rings. The summed E-state index contributed by atoms with van der Waals surface area (Å²) in [6.07, 6.45) is 0. The number of hydrogen-bond donors (Lipinski definition) is 0. The topological polar surface area (TPSA) is 38.9 Å². The molecule has 3 heteroatoms. The summed E-state index contributed by atoms with van der Waals surface area (Å²) in [5.74, 6) is 0.659. The molecule has 238 valence electrons. The Bertz CT molecular complexity index is 2850. The summed E-state index contributed by atoms with van der Waals surface area (Å²) >= 11 is 0. The molecule has 0 fully saturated rings. The van der Waals surface area contributed by atoms with Crippen molar-refractivity contribution in [3.63, 3.8) is 0 Å². The van der Waals surface area contributed by atoms with E-state index in [1.54, 1.807) is 0 Å². The van der Waals surface area contributed by atoms with Crippen LogP contribution in [0.15, 0.2) is 186 Å². The van der Waals surface area contributed by atoms with E-state index >= 15 is 0 Å². The summed E-state index contributed by atoms with van der Waals surface area (Å²) in [4.78, 5) is 10.5. The Morgan fingerprint density at radius 3 is 1.63 bits per heavy atom. The van der Waals surface area contributed by atoms with Crippen molar-refractivity contribution in [2.24, 2.45) is 0 Å². The molecular weight excluding hydrogens is 621 g/mol. The van der Waals surface area contributed by atoms with Crippen LogP contribution < -0.4 is 0 Å².